The molecule has 0 radical (unpaired) electrons. The number of hydrogen-bond donors (Lipinski definition) is 6. The van der Waals surface area contributed by atoms with Crippen LogP contribution in [0, 0.1) is 5.92 Å². The Balaban J connectivity index is 2.14. The van der Waals surface area contributed by atoms with Gasteiger partial charge in [-0.25, -0.2) is 4.79 Å². The first kappa shape index (κ1) is 28.6. The standard InChI is InChI=1S/C24H34N4O8/c1-3-13(2)20(23(34)28-10-4-5-18(28)24(35)36)27-22(33)17(12-19(30)31)26-21(32)16(25)11-14-6-8-15(29)9-7-14/h6-9,13,16-18,20,29H,3-5,10-12,25H2,1-2H3,(H,26,32)(H,27,33)(H,30,31)(H,35,36). The molecule has 5 atom stereocenters. The molecular formula is C24H34N4O8. The minimum absolute atomic E-state index is 0.0454. The molecule has 1 fully saturated rings. The molecule has 1 aliphatic heterocycles. The number of carboxylic acids is 2. The zero-order valence-electron chi connectivity index (χ0n) is 20.3. The van der Waals surface area contributed by atoms with Gasteiger partial charge in [0.05, 0.1) is 12.5 Å². The molecule has 12 heteroatoms. The lowest BCUT2D eigenvalue weighted by atomic mass is 9.96. The van der Waals surface area contributed by atoms with E-state index in [0.29, 0.717) is 24.8 Å². The predicted octanol–water partition coefficient (Wildman–Crippen LogP) is -0.172. The summed E-state index contributed by atoms with van der Waals surface area (Å²) in [7, 11) is 0. The van der Waals surface area contributed by atoms with Crippen molar-refractivity contribution in [1.82, 2.24) is 15.5 Å². The molecule has 1 saturated heterocycles. The molecule has 12 nitrogen and oxygen atoms in total. The van der Waals surface area contributed by atoms with E-state index >= 15 is 0 Å². The van der Waals surface area contributed by atoms with Crippen molar-refractivity contribution in [2.75, 3.05) is 6.54 Å². The zero-order chi connectivity index (χ0) is 27.0. The number of benzene rings is 1. The summed E-state index contributed by atoms with van der Waals surface area (Å²) in [5.74, 6) is -5.02. The van der Waals surface area contributed by atoms with Gasteiger partial charge in [-0.2, -0.15) is 0 Å². The third kappa shape index (κ3) is 7.67. The van der Waals surface area contributed by atoms with E-state index in [1.54, 1.807) is 26.0 Å². The molecule has 36 heavy (non-hydrogen) atoms. The van der Waals surface area contributed by atoms with Crippen LogP contribution in [0.3, 0.4) is 0 Å². The van der Waals surface area contributed by atoms with Crippen molar-refractivity contribution in [3.05, 3.63) is 29.8 Å². The van der Waals surface area contributed by atoms with Gasteiger partial charge in [0, 0.05) is 6.54 Å². The van der Waals surface area contributed by atoms with E-state index in [2.05, 4.69) is 10.6 Å². The fourth-order valence-corrected chi connectivity index (χ4v) is 4.04. The quantitative estimate of drug-likeness (QED) is 0.223. The number of carboxylic acid groups (broad SMARTS) is 2. The Labute approximate surface area is 208 Å². The number of nitrogens with one attached hydrogen (secondary N) is 2. The van der Waals surface area contributed by atoms with Crippen LogP contribution in [0.5, 0.6) is 5.75 Å². The monoisotopic (exact) mass is 506 g/mol. The number of likely N-dealkylation sites (tertiary alicyclic amines) is 1. The molecule has 3 amide bonds. The Morgan fingerprint density at radius 3 is 2.28 bits per heavy atom. The van der Waals surface area contributed by atoms with Crippen molar-refractivity contribution >= 4 is 29.7 Å². The molecule has 1 aromatic carbocycles. The lowest BCUT2D eigenvalue weighted by Gasteiger charge is -2.31. The number of carbonyl (C=O) groups is 5. The molecule has 0 aliphatic carbocycles. The number of hydrogen-bond acceptors (Lipinski definition) is 7. The van der Waals surface area contributed by atoms with E-state index in [-0.39, 0.29) is 24.6 Å². The third-order valence-corrected chi connectivity index (χ3v) is 6.34. The Bertz CT molecular complexity index is 967. The number of carbonyl (C=O) groups excluding carboxylic acids is 3. The minimum Gasteiger partial charge on any atom is -0.508 e. The highest BCUT2D eigenvalue weighted by atomic mass is 16.4. The number of nitrogens with two attached hydrogens (primary N) is 1. The molecule has 1 aliphatic rings. The van der Waals surface area contributed by atoms with Gasteiger partial charge in [0.1, 0.15) is 23.9 Å². The normalized spacial score (nSPS) is 18.5. The third-order valence-electron chi connectivity index (χ3n) is 6.34. The van der Waals surface area contributed by atoms with Crippen molar-refractivity contribution in [1.29, 1.82) is 0 Å². The maximum Gasteiger partial charge on any atom is 0.326 e. The van der Waals surface area contributed by atoms with Crippen LogP contribution in [-0.4, -0.2) is 80.6 Å². The summed E-state index contributed by atoms with van der Waals surface area (Å²) < 4.78 is 0. The van der Waals surface area contributed by atoms with Crippen LogP contribution >= 0.6 is 0 Å². The van der Waals surface area contributed by atoms with Crippen LogP contribution in [0.4, 0.5) is 0 Å². The zero-order valence-corrected chi connectivity index (χ0v) is 20.3. The summed E-state index contributed by atoms with van der Waals surface area (Å²) in [6.45, 7) is 3.75. The van der Waals surface area contributed by atoms with E-state index in [1.165, 1.54) is 17.0 Å². The second-order valence-corrected chi connectivity index (χ2v) is 9.04. The van der Waals surface area contributed by atoms with Crippen LogP contribution in [-0.2, 0) is 30.4 Å². The fourth-order valence-electron chi connectivity index (χ4n) is 4.04. The largest absolute Gasteiger partial charge is 0.508 e. The molecule has 5 unspecified atom stereocenters. The SMILES string of the molecule is CCC(C)C(NC(=O)C(CC(=O)O)NC(=O)C(N)Cc1ccc(O)cc1)C(=O)N1CCCC1C(=O)O. The highest BCUT2D eigenvalue weighted by molar-refractivity contribution is 5.96. The van der Waals surface area contributed by atoms with Crippen molar-refractivity contribution in [2.24, 2.45) is 11.7 Å². The van der Waals surface area contributed by atoms with E-state index in [4.69, 9.17) is 5.73 Å². The first-order chi connectivity index (χ1) is 16.9. The van der Waals surface area contributed by atoms with E-state index in [9.17, 15) is 39.3 Å². The fraction of sp³-hybridized carbons (Fsp3) is 0.542. The molecule has 0 bridgehead atoms. The molecule has 0 spiro atoms. The Morgan fingerprint density at radius 2 is 1.72 bits per heavy atom. The Morgan fingerprint density at radius 1 is 1.08 bits per heavy atom. The molecule has 0 saturated carbocycles. The second-order valence-electron chi connectivity index (χ2n) is 9.04. The van der Waals surface area contributed by atoms with E-state index in [1.807, 2.05) is 0 Å². The van der Waals surface area contributed by atoms with Crippen LogP contribution in [0.1, 0.15) is 45.1 Å². The molecule has 198 valence electrons. The van der Waals surface area contributed by atoms with Crippen LogP contribution in [0.25, 0.3) is 0 Å². The average Bonchev–Trinajstić information content (AvgIpc) is 3.32. The Hall–Kier alpha value is -3.67. The topological polar surface area (TPSA) is 199 Å². The van der Waals surface area contributed by atoms with Crippen LogP contribution in [0.15, 0.2) is 24.3 Å². The number of nitrogens with zero attached hydrogens (tertiary/aromatic N) is 1. The molecule has 1 heterocycles. The second kappa shape index (κ2) is 12.9. The van der Waals surface area contributed by atoms with Crippen LogP contribution < -0.4 is 16.4 Å². The highest BCUT2D eigenvalue weighted by Gasteiger charge is 2.40. The summed E-state index contributed by atoms with van der Waals surface area (Å²) in [5.41, 5.74) is 6.59. The van der Waals surface area contributed by atoms with Crippen molar-refractivity contribution in [2.45, 2.75) is 70.1 Å². The minimum atomic E-state index is -1.51. The number of aromatic hydroxyl groups is 1. The lowest BCUT2D eigenvalue weighted by Crippen LogP contribution is -2.59. The predicted molar refractivity (Wildman–Crippen MR) is 128 cm³/mol. The van der Waals surface area contributed by atoms with E-state index in [0.717, 1.165) is 0 Å². The average molecular weight is 507 g/mol. The Kier molecular flexibility index (Phi) is 10.2. The molecule has 2 rings (SSSR count). The van der Waals surface area contributed by atoms with Gasteiger partial charge in [0.2, 0.25) is 17.7 Å². The number of amides is 3. The van der Waals surface area contributed by atoms with Gasteiger partial charge in [-0.1, -0.05) is 32.4 Å². The number of rotatable bonds is 12. The summed E-state index contributed by atoms with van der Waals surface area (Å²) in [4.78, 5) is 63.1. The van der Waals surface area contributed by atoms with Crippen molar-refractivity contribution in [3.63, 3.8) is 0 Å². The van der Waals surface area contributed by atoms with Gasteiger partial charge in [-0.15, -0.1) is 0 Å². The first-order valence-electron chi connectivity index (χ1n) is 11.8. The number of phenolic OH excluding ortho intramolecular Hbond substituents is 1. The summed E-state index contributed by atoms with van der Waals surface area (Å²) in [6, 6.07) is 1.32. The molecular weight excluding hydrogens is 472 g/mol. The smallest absolute Gasteiger partial charge is 0.326 e. The summed E-state index contributed by atoms with van der Waals surface area (Å²) >= 11 is 0. The highest BCUT2D eigenvalue weighted by Crippen LogP contribution is 2.21. The van der Waals surface area contributed by atoms with Gasteiger partial charge >= 0.3 is 11.9 Å². The molecule has 1 aromatic rings. The van der Waals surface area contributed by atoms with E-state index < -0.39 is 60.2 Å². The maximum atomic E-state index is 13.2. The number of aliphatic carboxylic acids is 2. The maximum absolute atomic E-state index is 13.2. The molecule has 7 N–H and O–H groups in total. The van der Waals surface area contributed by atoms with Gasteiger partial charge in [0.25, 0.3) is 0 Å². The molecule has 0 aromatic heterocycles. The van der Waals surface area contributed by atoms with Gasteiger partial charge in [-0.05, 0) is 42.9 Å². The number of phenols is 1. The lowest BCUT2D eigenvalue weighted by molar-refractivity contribution is -0.150. The first-order valence-corrected chi connectivity index (χ1v) is 11.8. The van der Waals surface area contributed by atoms with Crippen molar-refractivity contribution < 1.29 is 39.3 Å². The summed E-state index contributed by atoms with van der Waals surface area (Å²) in [5, 5.41) is 33.0. The van der Waals surface area contributed by atoms with Crippen molar-refractivity contribution in [3.8, 4) is 5.75 Å². The van der Waals surface area contributed by atoms with Gasteiger partial charge < -0.3 is 36.6 Å². The van der Waals surface area contributed by atoms with Crippen LogP contribution in [0.2, 0.25) is 0 Å². The summed E-state index contributed by atoms with van der Waals surface area (Å²) in [6.07, 6.45) is 0.633. The van der Waals surface area contributed by atoms with Gasteiger partial charge in [-0.3, -0.25) is 19.2 Å². The van der Waals surface area contributed by atoms with Gasteiger partial charge in [0.15, 0.2) is 0 Å².